The van der Waals surface area contributed by atoms with Crippen molar-refractivity contribution in [1.82, 2.24) is 5.06 Å². The lowest BCUT2D eigenvalue weighted by Gasteiger charge is -2.14. The lowest BCUT2D eigenvalue weighted by Crippen LogP contribution is -2.33. The van der Waals surface area contributed by atoms with E-state index in [1.165, 1.54) is 26.4 Å². The number of amides is 2. The van der Waals surface area contributed by atoms with E-state index in [4.69, 9.17) is 14.3 Å². The molecule has 25 heavy (non-hydrogen) atoms. The quantitative estimate of drug-likeness (QED) is 0.774. The third kappa shape index (κ3) is 3.03. The molecule has 2 amide bonds. The van der Waals surface area contributed by atoms with E-state index in [-0.39, 0.29) is 17.5 Å². The van der Waals surface area contributed by atoms with Crippen molar-refractivity contribution in [3.63, 3.8) is 0 Å². The van der Waals surface area contributed by atoms with Gasteiger partial charge in [0.05, 0.1) is 31.8 Å². The van der Waals surface area contributed by atoms with Gasteiger partial charge in [0.25, 0.3) is 11.8 Å². The van der Waals surface area contributed by atoms with E-state index >= 15 is 0 Å². The highest BCUT2D eigenvalue weighted by atomic mass is 16.7. The van der Waals surface area contributed by atoms with Crippen LogP contribution in [-0.4, -0.2) is 37.1 Å². The molecule has 0 spiro atoms. The zero-order valence-corrected chi connectivity index (χ0v) is 13.6. The molecule has 7 heteroatoms. The number of methoxy groups -OCH3 is 2. The van der Waals surface area contributed by atoms with Gasteiger partial charge in [-0.3, -0.25) is 9.59 Å². The maximum atomic E-state index is 12.2. The number of carbonyl (C=O) groups excluding carboxylic acids is 3. The van der Waals surface area contributed by atoms with Crippen LogP contribution in [0.2, 0.25) is 0 Å². The normalized spacial score (nSPS) is 12.8. The van der Waals surface area contributed by atoms with Gasteiger partial charge in [0.15, 0.2) is 0 Å². The molecule has 2 aromatic carbocycles. The molecule has 1 aliphatic heterocycles. The summed E-state index contributed by atoms with van der Waals surface area (Å²) in [4.78, 5) is 41.6. The molecular formula is C18H15NO6. The minimum absolute atomic E-state index is 0.187. The monoisotopic (exact) mass is 341 g/mol. The van der Waals surface area contributed by atoms with Crippen molar-refractivity contribution < 1.29 is 28.7 Å². The minimum Gasteiger partial charge on any atom is -0.497 e. The number of rotatable bonds is 5. The van der Waals surface area contributed by atoms with Crippen molar-refractivity contribution in [2.75, 3.05) is 14.2 Å². The van der Waals surface area contributed by atoms with E-state index < -0.39 is 17.8 Å². The summed E-state index contributed by atoms with van der Waals surface area (Å²) in [6.45, 7) is 0. The van der Waals surface area contributed by atoms with Gasteiger partial charge in [-0.05, 0) is 30.3 Å². The molecule has 0 saturated heterocycles. The summed E-state index contributed by atoms with van der Waals surface area (Å²) in [5, 5.41) is 0.486. The van der Waals surface area contributed by atoms with E-state index in [1.807, 2.05) is 0 Å². The van der Waals surface area contributed by atoms with Crippen molar-refractivity contribution >= 4 is 17.8 Å². The molecule has 3 rings (SSSR count). The van der Waals surface area contributed by atoms with E-state index in [1.54, 1.807) is 30.3 Å². The summed E-state index contributed by atoms with van der Waals surface area (Å²) >= 11 is 0. The number of hydrogen-bond acceptors (Lipinski definition) is 6. The Balaban J connectivity index is 1.76. The molecule has 2 aromatic rings. The van der Waals surface area contributed by atoms with Crippen molar-refractivity contribution in [2.24, 2.45) is 0 Å². The third-order valence-corrected chi connectivity index (χ3v) is 3.77. The summed E-state index contributed by atoms with van der Waals surface area (Å²) < 4.78 is 10.3. The lowest BCUT2D eigenvalue weighted by atomic mass is 10.1. The molecule has 0 atom stereocenters. The Labute approximate surface area is 143 Å². The fourth-order valence-corrected chi connectivity index (χ4v) is 2.56. The zero-order chi connectivity index (χ0) is 18.0. The highest BCUT2D eigenvalue weighted by Crippen LogP contribution is 2.26. The van der Waals surface area contributed by atoms with Crippen LogP contribution in [-0.2, 0) is 16.1 Å². The van der Waals surface area contributed by atoms with Gasteiger partial charge in [-0.1, -0.05) is 17.2 Å². The largest absolute Gasteiger partial charge is 0.497 e. The van der Waals surface area contributed by atoms with Crippen LogP contribution in [0.1, 0.15) is 26.3 Å². The number of fused-ring (bicyclic) bond motifs is 1. The van der Waals surface area contributed by atoms with Crippen LogP contribution in [0.25, 0.3) is 0 Å². The smallest absolute Gasteiger partial charge is 0.337 e. The number of hydroxylamine groups is 2. The number of ether oxygens (including phenoxy) is 2. The predicted octanol–water partition coefficient (Wildman–Crippen LogP) is 2.00. The predicted molar refractivity (Wildman–Crippen MR) is 86.3 cm³/mol. The average molecular weight is 341 g/mol. The SMILES string of the molecule is COc1ccc(OC)c(CC(=O)ON2C(=O)c3ccccc3C2=O)c1. The van der Waals surface area contributed by atoms with Crippen LogP contribution in [0.4, 0.5) is 0 Å². The Morgan fingerprint density at radius 1 is 0.960 bits per heavy atom. The highest BCUT2D eigenvalue weighted by Gasteiger charge is 2.38. The van der Waals surface area contributed by atoms with E-state index in [0.29, 0.717) is 22.1 Å². The van der Waals surface area contributed by atoms with Gasteiger partial charge in [-0.2, -0.15) is 0 Å². The molecule has 1 aliphatic rings. The second-order valence-electron chi connectivity index (χ2n) is 5.27. The van der Waals surface area contributed by atoms with Crippen molar-refractivity contribution in [1.29, 1.82) is 0 Å². The Morgan fingerprint density at radius 2 is 1.60 bits per heavy atom. The molecule has 128 valence electrons. The van der Waals surface area contributed by atoms with E-state index in [0.717, 1.165) is 0 Å². The van der Waals surface area contributed by atoms with Crippen LogP contribution in [0.5, 0.6) is 11.5 Å². The Morgan fingerprint density at radius 3 is 2.16 bits per heavy atom. The van der Waals surface area contributed by atoms with E-state index in [9.17, 15) is 14.4 Å². The van der Waals surface area contributed by atoms with Gasteiger partial charge in [-0.25, -0.2) is 4.79 Å². The number of carbonyl (C=O) groups is 3. The zero-order valence-electron chi connectivity index (χ0n) is 13.6. The summed E-state index contributed by atoms with van der Waals surface area (Å²) in [5.74, 6) is -1.07. The fourth-order valence-electron chi connectivity index (χ4n) is 2.56. The number of hydrogen-bond donors (Lipinski definition) is 0. The first-order chi connectivity index (χ1) is 12.0. The molecule has 7 nitrogen and oxygen atoms in total. The maximum absolute atomic E-state index is 12.2. The molecule has 0 bridgehead atoms. The van der Waals surface area contributed by atoms with Crippen molar-refractivity contribution in [3.05, 3.63) is 59.2 Å². The van der Waals surface area contributed by atoms with Gasteiger partial charge < -0.3 is 14.3 Å². The second kappa shape index (κ2) is 6.64. The molecule has 0 saturated carbocycles. The number of nitrogens with zero attached hydrogens (tertiary/aromatic N) is 1. The van der Waals surface area contributed by atoms with Crippen molar-refractivity contribution in [3.8, 4) is 11.5 Å². The Bertz CT molecular complexity index is 825. The summed E-state index contributed by atoms with van der Waals surface area (Å²) in [5.41, 5.74) is 0.932. The summed E-state index contributed by atoms with van der Waals surface area (Å²) in [6, 6.07) is 11.3. The van der Waals surface area contributed by atoms with Crippen molar-refractivity contribution in [2.45, 2.75) is 6.42 Å². The van der Waals surface area contributed by atoms with Crippen LogP contribution >= 0.6 is 0 Å². The second-order valence-corrected chi connectivity index (χ2v) is 5.27. The summed E-state index contributed by atoms with van der Waals surface area (Å²) in [7, 11) is 2.98. The van der Waals surface area contributed by atoms with Gasteiger partial charge in [-0.15, -0.1) is 0 Å². The highest BCUT2D eigenvalue weighted by molar-refractivity contribution is 6.20. The Hall–Kier alpha value is -3.35. The molecule has 0 fully saturated rings. The summed E-state index contributed by atoms with van der Waals surface area (Å²) in [6.07, 6.45) is -0.187. The lowest BCUT2D eigenvalue weighted by molar-refractivity contribution is -0.167. The molecule has 0 radical (unpaired) electrons. The molecule has 0 aromatic heterocycles. The third-order valence-electron chi connectivity index (χ3n) is 3.77. The minimum atomic E-state index is -0.763. The molecule has 1 heterocycles. The average Bonchev–Trinajstić information content (AvgIpc) is 2.87. The van der Waals surface area contributed by atoms with Gasteiger partial charge in [0, 0.05) is 5.56 Å². The van der Waals surface area contributed by atoms with Gasteiger partial charge >= 0.3 is 5.97 Å². The first kappa shape index (κ1) is 16.5. The van der Waals surface area contributed by atoms with Gasteiger partial charge in [0.1, 0.15) is 11.5 Å². The topological polar surface area (TPSA) is 82.1 Å². The van der Waals surface area contributed by atoms with Gasteiger partial charge in [0.2, 0.25) is 0 Å². The Kier molecular flexibility index (Phi) is 4.38. The molecule has 0 N–H and O–H groups in total. The van der Waals surface area contributed by atoms with Crippen LogP contribution in [0, 0.1) is 0 Å². The van der Waals surface area contributed by atoms with Crippen LogP contribution < -0.4 is 9.47 Å². The molecule has 0 aliphatic carbocycles. The van der Waals surface area contributed by atoms with Crippen LogP contribution in [0.15, 0.2) is 42.5 Å². The molecular weight excluding hydrogens is 326 g/mol. The number of imide groups is 1. The molecule has 0 unspecified atom stereocenters. The standard InChI is InChI=1S/C18H15NO6/c1-23-12-7-8-15(24-2)11(9-12)10-16(20)25-19-17(21)13-5-3-4-6-14(13)18(19)22/h3-9H,10H2,1-2H3. The van der Waals surface area contributed by atoms with E-state index in [2.05, 4.69) is 0 Å². The maximum Gasteiger partial charge on any atom is 0.337 e. The first-order valence-electron chi connectivity index (χ1n) is 7.44. The number of benzene rings is 2. The van der Waals surface area contributed by atoms with Crippen LogP contribution in [0.3, 0.4) is 0 Å². The first-order valence-corrected chi connectivity index (χ1v) is 7.44. The fraction of sp³-hybridized carbons (Fsp3) is 0.167.